The SMILES string of the molecule is Cl.O=C(c1cn[nH]c1-c1ccccc1F)N1CCC2(CCNC2)CC1. The lowest BCUT2D eigenvalue weighted by Crippen LogP contribution is -2.44. The largest absolute Gasteiger partial charge is 0.338 e. The minimum absolute atomic E-state index is 0. The van der Waals surface area contributed by atoms with Gasteiger partial charge in [0.05, 0.1) is 17.5 Å². The first-order valence-corrected chi connectivity index (χ1v) is 8.47. The van der Waals surface area contributed by atoms with E-state index in [0.717, 1.165) is 39.0 Å². The molecule has 2 N–H and O–H groups in total. The van der Waals surface area contributed by atoms with Gasteiger partial charge in [0.2, 0.25) is 0 Å². The highest BCUT2D eigenvalue weighted by atomic mass is 35.5. The molecule has 0 saturated carbocycles. The van der Waals surface area contributed by atoms with Crippen LogP contribution in [0.4, 0.5) is 4.39 Å². The number of benzene rings is 1. The molecule has 25 heavy (non-hydrogen) atoms. The van der Waals surface area contributed by atoms with Crippen molar-refractivity contribution in [2.24, 2.45) is 5.41 Å². The van der Waals surface area contributed by atoms with Gasteiger partial charge in [-0.1, -0.05) is 12.1 Å². The summed E-state index contributed by atoms with van der Waals surface area (Å²) in [4.78, 5) is 14.8. The van der Waals surface area contributed by atoms with Gasteiger partial charge in [-0.15, -0.1) is 12.4 Å². The summed E-state index contributed by atoms with van der Waals surface area (Å²) in [6, 6.07) is 6.44. The van der Waals surface area contributed by atoms with E-state index in [4.69, 9.17) is 0 Å². The minimum atomic E-state index is -0.356. The number of amides is 1. The topological polar surface area (TPSA) is 61.0 Å². The summed E-state index contributed by atoms with van der Waals surface area (Å²) in [6.45, 7) is 3.64. The number of H-pyrrole nitrogens is 1. The Morgan fingerprint density at radius 1 is 1.20 bits per heavy atom. The lowest BCUT2D eigenvalue weighted by atomic mass is 9.78. The minimum Gasteiger partial charge on any atom is -0.338 e. The molecule has 0 bridgehead atoms. The number of aromatic amines is 1. The molecule has 7 heteroatoms. The number of nitrogens with one attached hydrogen (secondary N) is 2. The first-order valence-electron chi connectivity index (χ1n) is 8.47. The molecule has 134 valence electrons. The standard InChI is InChI=1S/C18H21FN4O.ClH/c19-15-4-2-1-3-13(15)16-14(11-21-22-16)17(24)23-9-6-18(7-10-23)5-8-20-12-18;/h1-4,11,20H,5-10,12H2,(H,21,22);1H. The van der Waals surface area contributed by atoms with Crippen LogP contribution < -0.4 is 5.32 Å². The van der Waals surface area contributed by atoms with Gasteiger partial charge >= 0.3 is 0 Å². The summed E-state index contributed by atoms with van der Waals surface area (Å²) in [5.74, 6) is -0.423. The van der Waals surface area contributed by atoms with E-state index < -0.39 is 0 Å². The normalized spacial score (nSPS) is 19.0. The number of piperidine rings is 1. The molecule has 0 radical (unpaired) electrons. The predicted octanol–water partition coefficient (Wildman–Crippen LogP) is 2.85. The molecule has 5 nitrogen and oxygen atoms in total. The molecule has 0 aliphatic carbocycles. The fraction of sp³-hybridized carbons (Fsp3) is 0.444. The van der Waals surface area contributed by atoms with Gasteiger partial charge in [0.1, 0.15) is 5.82 Å². The van der Waals surface area contributed by atoms with E-state index in [1.807, 2.05) is 4.90 Å². The van der Waals surface area contributed by atoms with Crippen LogP contribution in [0.1, 0.15) is 29.6 Å². The quantitative estimate of drug-likeness (QED) is 0.861. The Labute approximate surface area is 152 Å². The van der Waals surface area contributed by atoms with Crippen molar-refractivity contribution >= 4 is 18.3 Å². The Kier molecular flexibility index (Phi) is 5.11. The highest BCUT2D eigenvalue weighted by Gasteiger charge is 2.38. The molecule has 1 aromatic carbocycles. The van der Waals surface area contributed by atoms with Gasteiger partial charge in [0, 0.05) is 25.2 Å². The molecule has 2 aromatic rings. The number of carbonyl (C=O) groups is 1. The van der Waals surface area contributed by atoms with Crippen molar-refractivity contribution in [1.29, 1.82) is 0 Å². The van der Waals surface area contributed by atoms with Gasteiger partial charge in [0.15, 0.2) is 0 Å². The first kappa shape index (κ1) is 17.9. The van der Waals surface area contributed by atoms with Crippen LogP contribution in [0, 0.1) is 11.2 Å². The van der Waals surface area contributed by atoms with Crippen LogP contribution in [0.3, 0.4) is 0 Å². The van der Waals surface area contributed by atoms with Crippen molar-refractivity contribution in [1.82, 2.24) is 20.4 Å². The average molecular weight is 365 g/mol. The maximum Gasteiger partial charge on any atom is 0.257 e. The zero-order chi connectivity index (χ0) is 16.6. The molecule has 1 amide bonds. The van der Waals surface area contributed by atoms with Gasteiger partial charge in [-0.05, 0) is 43.4 Å². The lowest BCUT2D eigenvalue weighted by molar-refractivity contribution is 0.0608. The van der Waals surface area contributed by atoms with Crippen molar-refractivity contribution in [2.45, 2.75) is 19.3 Å². The molecule has 0 atom stereocenters. The molecule has 2 aliphatic heterocycles. The number of halogens is 2. The summed E-state index contributed by atoms with van der Waals surface area (Å²) in [6.07, 6.45) is 4.75. The van der Waals surface area contributed by atoms with Crippen molar-refractivity contribution in [3.63, 3.8) is 0 Å². The van der Waals surface area contributed by atoms with Crippen molar-refractivity contribution in [3.8, 4) is 11.3 Å². The first-order chi connectivity index (χ1) is 11.7. The Bertz CT molecular complexity index is 747. The van der Waals surface area contributed by atoms with Gasteiger partial charge in [0.25, 0.3) is 5.91 Å². The van der Waals surface area contributed by atoms with Gasteiger partial charge in [-0.25, -0.2) is 4.39 Å². The van der Waals surface area contributed by atoms with Crippen LogP contribution in [0.2, 0.25) is 0 Å². The van der Waals surface area contributed by atoms with Crippen molar-refractivity contribution < 1.29 is 9.18 Å². The van der Waals surface area contributed by atoms with Crippen LogP contribution in [-0.4, -0.2) is 47.2 Å². The maximum absolute atomic E-state index is 14.1. The number of aromatic nitrogens is 2. The Morgan fingerprint density at radius 2 is 1.96 bits per heavy atom. The number of hydrogen-bond acceptors (Lipinski definition) is 3. The highest BCUT2D eigenvalue weighted by Crippen LogP contribution is 2.37. The van der Waals surface area contributed by atoms with Crippen LogP contribution in [-0.2, 0) is 0 Å². The Hall–Kier alpha value is -1.92. The molecule has 1 spiro atoms. The lowest BCUT2D eigenvalue weighted by Gasteiger charge is -2.38. The summed E-state index contributed by atoms with van der Waals surface area (Å²) >= 11 is 0. The zero-order valence-corrected chi connectivity index (χ0v) is 14.7. The zero-order valence-electron chi connectivity index (χ0n) is 13.9. The second kappa shape index (κ2) is 7.14. The number of likely N-dealkylation sites (tertiary alicyclic amines) is 1. The second-order valence-corrected chi connectivity index (χ2v) is 6.86. The molecular formula is C18H22ClFN4O. The third-order valence-corrected chi connectivity index (χ3v) is 5.46. The molecule has 0 unspecified atom stereocenters. The summed E-state index contributed by atoms with van der Waals surface area (Å²) in [5.41, 5.74) is 1.65. The number of nitrogens with zero attached hydrogens (tertiary/aromatic N) is 2. The van der Waals surface area contributed by atoms with Crippen LogP contribution in [0.5, 0.6) is 0 Å². The number of rotatable bonds is 2. The van der Waals surface area contributed by atoms with E-state index in [0.29, 0.717) is 22.2 Å². The van der Waals surface area contributed by atoms with E-state index in [9.17, 15) is 9.18 Å². The third-order valence-electron chi connectivity index (χ3n) is 5.46. The van der Waals surface area contributed by atoms with Gasteiger partial charge in [-0.2, -0.15) is 5.10 Å². The van der Waals surface area contributed by atoms with Crippen LogP contribution in [0.25, 0.3) is 11.3 Å². The van der Waals surface area contributed by atoms with Gasteiger partial charge in [-0.3, -0.25) is 9.89 Å². The molecule has 3 heterocycles. The van der Waals surface area contributed by atoms with Gasteiger partial charge < -0.3 is 10.2 Å². The molecule has 1 aromatic heterocycles. The van der Waals surface area contributed by atoms with E-state index in [1.54, 1.807) is 18.2 Å². The molecule has 4 rings (SSSR count). The summed E-state index contributed by atoms with van der Waals surface area (Å²) in [5, 5.41) is 10.2. The number of hydrogen-bond donors (Lipinski definition) is 2. The maximum atomic E-state index is 14.1. The third kappa shape index (κ3) is 3.28. The summed E-state index contributed by atoms with van der Waals surface area (Å²) in [7, 11) is 0. The van der Waals surface area contributed by atoms with E-state index in [1.165, 1.54) is 18.7 Å². The van der Waals surface area contributed by atoms with Crippen molar-refractivity contribution in [2.75, 3.05) is 26.2 Å². The Morgan fingerprint density at radius 3 is 2.64 bits per heavy atom. The molecule has 2 saturated heterocycles. The Balaban J connectivity index is 0.00000182. The highest BCUT2D eigenvalue weighted by molar-refractivity contribution is 5.99. The fourth-order valence-electron chi connectivity index (χ4n) is 3.89. The van der Waals surface area contributed by atoms with Crippen molar-refractivity contribution in [3.05, 3.63) is 41.8 Å². The fourth-order valence-corrected chi connectivity index (χ4v) is 3.89. The predicted molar refractivity (Wildman–Crippen MR) is 96.3 cm³/mol. The summed E-state index contributed by atoms with van der Waals surface area (Å²) < 4.78 is 14.1. The molecule has 2 fully saturated rings. The van der Waals surface area contributed by atoms with Crippen LogP contribution in [0.15, 0.2) is 30.5 Å². The van der Waals surface area contributed by atoms with E-state index >= 15 is 0 Å². The average Bonchev–Trinajstić information content (AvgIpc) is 3.25. The molecule has 2 aliphatic rings. The van der Waals surface area contributed by atoms with E-state index in [-0.39, 0.29) is 24.1 Å². The number of carbonyl (C=O) groups excluding carboxylic acids is 1. The second-order valence-electron chi connectivity index (χ2n) is 6.86. The monoisotopic (exact) mass is 364 g/mol. The van der Waals surface area contributed by atoms with Crippen LogP contribution >= 0.6 is 12.4 Å². The van der Waals surface area contributed by atoms with E-state index in [2.05, 4.69) is 15.5 Å². The smallest absolute Gasteiger partial charge is 0.257 e. The molecular weight excluding hydrogens is 343 g/mol.